The lowest BCUT2D eigenvalue weighted by Gasteiger charge is -2.13. The number of nitrogens with zero attached hydrogens (tertiary/aromatic N) is 4. The fraction of sp³-hybridized carbons (Fsp3) is 0.545. The Hall–Kier alpha value is -1.27. The third-order valence-electron chi connectivity index (χ3n) is 2.58. The number of hydrogen-bond acceptors (Lipinski definition) is 5. The second-order valence-electron chi connectivity index (χ2n) is 3.85. The molecular weight excluding hydrogens is 234 g/mol. The van der Waals surface area contributed by atoms with Crippen LogP contribution in [0.5, 0.6) is 0 Å². The molecule has 0 fully saturated rings. The highest BCUT2D eigenvalue weighted by Gasteiger charge is 2.17. The quantitative estimate of drug-likeness (QED) is 0.851. The molecule has 0 saturated heterocycles. The Balaban J connectivity index is 2.20. The predicted octanol–water partition coefficient (Wildman–Crippen LogP) is 1.84. The van der Waals surface area contributed by atoms with E-state index in [9.17, 15) is 0 Å². The number of hydrogen-bond donors (Lipinski definition) is 1. The van der Waals surface area contributed by atoms with Gasteiger partial charge >= 0.3 is 0 Å². The normalized spacial score (nSPS) is 12.8. The minimum atomic E-state index is 0.106. The van der Waals surface area contributed by atoms with Crippen LogP contribution in [0.4, 0.5) is 0 Å². The summed E-state index contributed by atoms with van der Waals surface area (Å²) in [6.45, 7) is 6.07. The van der Waals surface area contributed by atoms with Crippen molar-refractivity contribution in [3.8, 4) is 0 Å². The third kappa shape index (κ3) is 2.89. The molecule has 1 unspecified atom stereocenters. The largest absolute Gasteiger partial charge is 0.305 e. The lowest BCUT2D eigenvalue weighted by Crippen LogP contribution is -2.23. The molecule has 5 nitrogen and oxygen atoms in total. The van der Waals surface area contributed by atoms with Gasteiger partial charge in [0.05, 0.1) is 35.9 Å². The van der Waals surface area contributed by atoms with Gasteiger partial charge in [0.25, 0.3) is 0 Å². The van der Waals surface area contributed by atoms with Crippen LogP contribution in [0.3, 0.4) is 0 Å². The minimum Gasteiger partial charge on any atom is -0.305 e. The van der Waals surface area contributed by atoms with Crippen molar-refractivity contribution in [1.29, 1.82) is 0 Å². The summed E-state index contributed by atoms with van der Waals surface area (Å²) in [6.07, 6.45) is 6.88. The van der Waals surface area contributed by atoms with E-state index in [1.54, 1.807) is 0 Å². The highest BCUT2D eigenvalue weighted by molar-refractivity contribution is 6.99. The van der Waals surface area contributed by atoms with E-state index >= 15 is 0 Å². The van der Waals surface area contributed by atoms with Crippen molar-refractivity contribution in [2.45, 2.75) is 32.9 Å². The van der Waals surface area contributed by atoms with Crippen LogP contribution < -0.4 is 5.32 Å². The lowest BCUT2D eigenvalue weighted by molar-refractivity contribution is 0.588. The average Bonchev–Trinajstić information content (AvgIpc) is 3.00. The Morgan fingerprint density at radius 3 is 2.88 bits per heavy atom. The molecule has 1 atom stereocenters. The Morgan fingerprint density at radius 2 is 2.29 bits per heavy atom. The van der Waals surface area contributed by atoms with E-state index in [1.165, 1.54) is 11.7 Å². The number of rotatable bonds is 6. The molecule has 0 saturated carbocycles. The monoisotopic (exact) mass is 251 g/mol. The van der Waals surface area contributed by atoms with Gasteiger partial charge in [-0.1, -0.05) is 6.92 Å². The van der Waals surface area contributed by atoms with Crippen molar-refractivity contribution in [3.63, 3.8) is 0 Å². The van der Waals surface area contributed by atoms with Crippen molar-refractivity contribution >= 4 is 11.7 Å². The van der Waals surface area contributed by atoms with Crippen LogP contribution in [0.25, 0.3) is 0 Å². The molecule has 0 spiro atoms. The fourth-order valence-corrected chi connectivity index (χ4v) is 2.13. The molecule has 92 valence electrons. The van der Waals surface area contributed by atoms with Crippen LogP contribution in [-0.2, 0) is 6.54 Å². The minimum absolute atomic E-state index is 0.106. The molecule has 0 aromatic carbocycles. The van der Waals surface area contributed by atoms with Gasteiger partial charge in [0.1, 0.15) is 0 Å². The van der Waals surface area contributed by atoms with Crippen molar-refractivity contribution in [2.24, 2.45) is 0 Å². The Morgan fingerprint density at radius 1 is 1.41 bits per heavy atom. The zero-order chi connectivity index (χ0) is 12.1. The van der Waals surface area contributed by atoms with Crippen molar-refractivity contribution in [1.82, 2.24) is 23.8 Å². The van der Waals surface area contributed by atoms with Crippen LogP contribution in [0.2, 0.25) is 0 Å². The summed E-state index contributed by atoms with van der Waals surface area (Å²) in [5, 5.41) is 7.78. The summed E-state index contributed by atoms with van der Waals surface area (Å²) < 4.78 is 10.3. The maximum atomic E-state index is 4.31. The van der Waals surface area contributed by atoms with E-state index in [0.29, 0.717) is 0 Å². The molecule has 2 aromatic rings. The second-order valence-corrected chi connectivity index (χ2v) is 4.41. The first kappa shape index (κ1) is 12.2. The zero-order valence-electron chi connectivity index (χ0n) is 10.1. The Labute approximate surface area is 105 Å². The van der Waals surface area contributed by atoms with Crippen molar-refractivity contribution in [3.05, 3.63) is 29.8 Å². The van der Waals surface area contributed by atoms with Crippen LogP contribution in [0, 0.1) is 0 Å². The van der Waals surface area contributed by atoms with Gasteiger partial charge in [0.2, 0.25) is 0 Å². The van der Waals surface area contributed by atoms with Crippen molar-refractivity contribution < 1.29 is 0 Å². The molecule has 0 radical (unpaired) electrons. The molecule has 1 N–H and O–H groups in total. The van der Waals surface area contributed by atoms with Gasteiger partial charge in [-0.3, -0.25) is 4.68 Å². The summed E-state index contributed by atoms with van der Waals surface area (Å²) in [4.78, 5) is 0. The maximum absolute atomic E-state index is 4.31. The van der Waals surface area contributed by atoms with Crippen LogP contribution in [-0.4, -0.2) is 25.1 Å². The number of nitrogens with one attached hydrogen (secondary N) is 1. The van der Waals surface area contributed by atoms with E-state index in [2.05, 4.69) is 39.2 Å². The smallest absolute Gasteiger partial charge is 0.0958 e. The Bertz CT molecular complexity index is 436. The molecule has 0 amide bonds. The van der Waals surface area contributed by atoms with Gasteiger partial charge in [0.15, 0.2) is 0 Å². The van der Waals surface area contributed by atoms with Crippen LogP contribution in [0.15, 0.2) is 18.6 Å². The molecule has 0 bridgehead atoms. The topological polar surface area (TPSA) is 55.6 Å². The first-order valence-electron chi connectivity index (χ1n) is 5.88. The summed E-state index contributed by atoms with van der Waals surface area (Å²) in [5.41, 5.74) is 2.12. The highest BCUT2D eigenvalue weighted by Crippen LogP contribution is 2.20. The highest BCUT2D eigenvalue weighted by atomic mass is 32.1. The molecule has 17 heavy (non-hydrogen) atoms. The number of aromatic nitrogens is 4. The summed E-state index contributed by atoms with van der Waals surface area (Å²) in [6, 6.07) is 0.106. The van der Waals surface area contributed by atoms with Crippen LogP contribution >= 0.6 is 11.7 Å². The third-order valence-corrected chi connectivity index (χ3v) is 3.08. The van der Waals surface area contributed by atoms with E-state index in [0.717, 1.165) is 30.8 Å². The van der Waals surface area contributed by atoms with E-state index in [4.69, 9.17) is 0 Å². The van der Waals surface area contributed by atoms with E-state index in [-0.39, 0.29) is 6.04 Å². The summed E-state index contributed by atoms with van der Waals surface area (Å²) in [5.74, 6) is 0. The van der Waals surface area contributed by atoms with Gasteiger partial charge in [-0.25, -0.2) is 0 Å². The SMILES string of the molecule is CCCNC(c1cnn(CC)c1)c1cnsn1. The predicted molar refractivity (Wildman–Crippen MR) is 67.9 cm³/mol. The van der Waals surface area contributed by atoms with Gasteiger partial charge in [0, 0.05) is 18.3 Å². The molecule has 0 aliphatic rings. The standard InChI is InChI=1S/C11H17N5S/c1-3-5-12-11(10-7-14-17-15-10)9-6-13-16(4-2)8-9/h6-8,11-12H,3-5H2,1-2H3. The van der Waals surface area contributed by atoms with E-state index in [1.807, 2.05) is 17.1 Å². The maximum Gasteiger partial charge on any atom is 0.0958 e. The molecule has 0 aliphatic heterocycles. The van der Waals surface area contributed by atoms with Crippen LogP contribution in [0.1, 0.15) is 37.6 Å². The molecule has 2 heterocycles. The van der Waals surface area contributed by atoms with Gasteiger partial charge < -0.3 is 5.32 Å². The summed E-state index contributed by atoms with van der Waals surface area (Å²) in [7, 11) is 0. The average molecular weight is 251 g/mol. The fourth-order valence-electron chi connectivity index (χ4n) is 1.68. The van der Waals surface area contributed by atoms with Gasteiger partial charge in [-0.2, -0.15) is 13.8 Å². The van der Waals surface area contributed by atoms with Gasteiger partial charge in [-0.05, 0) is 19.9 Å². The molecule has 6 heteroatoms. The van der Waals surface area contributed by atoms with Crippen molar-refractivity contribution in [2.75, 3.05) is 6.54 Å². The van der Waals surface area contributed by atoms with Gasteiger partial charge in [-0.15, -0.1) is 0 Å². The molecular formula is C11H17N5S. The molecule has 0 aliphatic carbocycles. The summed E-state index contributed by atoms with van der Waals surface area (Å²) >= 11 is 1.24. The molecule has 2 rings (SSSR count). The lowest BCUT2D eigenvalue weighted by atomic mass is 10.1. The Kier molecular flexibility index (Phi) is 4.22. The zero-order valence-corrected chi connectivity index (χ0v) is 10.9. The second kappa shape index (κ2) is 5.88. The number of aryl methyl sites for hydroxylation is 1. The molecule has 2 aromatic heterocycles. The first-order chi connectivity index (χ1) is 8.35. The van der Waals surface area contributed by atoms with E-state index < -0.39 is 0 Å². The first-order valence-corrected chi connectivity index (χ1v) is 6.61.